The number of ether oxygens (including phenoxy) is 1. The topological polar surface area (TPSA) is 26.3 Å². The van der Waals surface area contributed by atoms with Crippen molar-refractivity contribution in [1.82, 2.24) is 0 Å². The lowest BCUT2D eigenvalue weighted by Crippen LogP contribution is -1.95. The molecule has 0 amide bonds. The Hall–Kier alpha value is -2.09. The summed E-state index contributed by atoms with van der Waals surface area (Å²) >= 11 is 0. The van der Waals surface area contributed by atoms with Gasteiger partial charge in [-0.25, -0.2) is 0 Å². The molecule has 0 aromatic heterocycles. The first-order chi connectivity index (χ1) is 8.69. The summed E-state index contributed by atoms with van der Waals surface area (Å²) in [6.45, 7) is 4.08. The standard InChI is InChI=1S/C16H16O2/c1-11-8-9-15(16(18-3)12(11)2)14-7-5-4-6-13(14)10-17/h4-10H,1-3H3. The van der Waals surface area contributed by atoms with Gasteiger partial charge in [-0.1, -0.05) is 36.4 Å². The fourth-order valence-corrected chi connectivity index (χ4v) is 2.11. The highest BCUT2D eigenvalue weighted by Crippen LogP contribution is 2.35. The summed E-state index contributed by atoms with van der Waals surface area (Å²) < 4.78 is 5.49. The van der Waals surface area contributed by atoms with Crippen molar-refractivity contribution in [3.05, 3.63) is 53.1 Å². The molecule has 0 unspecified atom stereocenters. The van der Waals surface area contributed by atoms with Crippen LogP contribution in [0.5, 0.6) is 5.75 Å². The maximum absolute atomic E-state index is 11.1. The van der Waals surface area contributed by atoms with E-state index in [-0.39, 0.29) is 0 Å². The molecule has 92 valence electrons. The van der Waals surface area contributed by atoms with Gasteiger partial charge in [0.15, 0.2) is 6.29 Å². The highest BCUT2D eigenvalue weighted by molar-refractivity contribution is 5.89. The predicted molar refractivity (Wildman–Crippen MR) is 73.3 cm³/mol. The lowest BCUT2D eigenvalue weighted by atomic mass is 9.95. The van der Waals surface area contributed by atoms with E-state index in [4.69, 9.17) is 4.74 Å². The van der Waals surface area contributed by atoms with Crippen LogP contribution in [0, 0.1) is 13.8 Å². The molecule has 0 saturated carbocycles. The maximum atomic E-state index is 11.1. The summed E-state index contributed by atoms with van der Waals surface area (Å²) in [5.41, 5.74) is 4.84. The number of benzene rings is 2. The number of methoxy groups -OCH3 is 1. The van der Waals surface area contributed by atoms with Gasteiger partial charge < -0.3 is 4.74 Å². The molecule has 0 atom stereocenters. The molecule has 2 heteroatoms. The Morgan fingerprint density at radius 2 is 1.72 bits per heavy atom. The Balaban J connectivity index is 2.71. The van der Waals surface area contributed by atoms with Gasteiger partial charge in [-0.15, -0.1) is 0 Å². The number of hydrogen-bond acceptors (Lipinski definition) is 2. The van der Waals surface area contributed by atoms with Crippen LogP contribution in [0.15, 0.2) is 36.4 Å². The lowest BCUT2D eigenvalue weighted by molar-refractivity contribution is 0.112. The normalized spacial score (nSPS) is 10.2. The van der Waals surface area contributed by atoms with E-state index in [2.05, 4.69) is 6.07 Å². The molecule has 0 N–H and O–H groups in total. The van der Waals surface area contributed by atoms with E-state index >= 15 is 0 Å². The van der Waals surface area contributed by atoms with Crippen molar-refractivity contribution in [1.29, 1.82) is 0 Å². The first-order valence-electron chi connectivity index (χ1n) is 5.87. The SMILES string of the molecule is COc1c(-c2ccccc2C=O)ccc(C)c1C. The fraction of sp³-hybridized carbons (Fsp3) is 0.188. The molecule has 2 aromatic carbocycles. The third kappa shape index (κ3) is 2.02. The van der Waals surface area contributed by atoms with E-state index in [1.807, 2.05) is 44.2 Å². The second-order valence-corrected chi connectivity index (χ2v) is 4.29. The largest absolute Gasteiger partial charge is 0.496 e. The quantitative estimate of drug-likeness (QED) is 0.763. The van der Waals surface area contributed by atoms with Crippen LogP contribution in [-0.2, 0) is 0 Å². The fourth-order valence-electron chi connectivity index (χ4n) is 2.11. The molecule has 0 aliphatic rings. The Morgan fingerprint density at radius 1 is 1.00 bits per heavy atom. The molecule has 2 aromatic rings. The Labute approximate surface area is 107 Å². The molecular weight excluding hydrogens is 224 g/mol. The summed E-state index contributed by atoms with van der Waals surface area (Å²) in [6, 6.07) is 11.6. The van der Waals surface area contributed by atoms with Gasteiger partial charge in [0, 0.05) is 11.1 Å². The van der Waals surface area contributed by atoms with Crippen LogP contribution >= 0.6 is 0 Å². The highest BCUT2D eigenvalue weighted by Gasteiger charge is 2.12. The Kier molecular flexibility index (Phi) is 3.47. The number of aldehydes is 1. The molecule has 2 nitrogen and oxygen atoms in total. The Bertz CT molecular complexity index is 586. The van der Waals surface area contributed by atoms with Crippen LogP contribution in [0.3, 0.4) is 0 Å². The first kappa shape index (κ1) is 12.4. The van der Waals surface area contributed by atoms with Crippen LogP contribution in [0.4, 0.5) is 0 Å². The maximum Gasteiger partial charge on any atom is 0.150 e. The van der Waals surface area contributed by atoms with E-state index in [1.165, 1.54) is 5.56 Å². The zero-order valence-corrected chi connectivity index (χ0v) is 10.9. The zero-order chi connectivity index (χ0) is 13.1. The molecule has 0 aliphatic heterocycles. The minimum absolute atomic E-state index is 0.680. The summed E-state index contributed by atoms with van der Waals surface area (Å²) in [7, 11) is 1.66. The molecular formula is C16H16O2. The van der Waals surface area contributed by atoms with Crippen molar-refractivity contribution in [2.75, 3.05) is 7.11 Å². The van der Waals surface area contributed by atoms with Crippen molar-refractivity contribution < 1.29 is 9.53 Å². The van der Waals surface area contributed by atoms with Crippen molar-refractivity contribution >= 4 is 6.29 Å². The highest BCUT2D eigenvalue weighted by atomic mass is 16.5. The summed E-state index contributed by atoms with van der Waals surface area (Å²) in [5, 5.41) is 0. The summed E-state index contributed by atoms with van der Waals surface area (Å²) in [6.07, 6.45) is 0.879. The first-order valence-corrected chi connectivity index (χ1v) is 5.87. The third-order valence-electron chi connectivity index (χ3n) is 3.26. The molecule has 0 spiro atoms. The third-order valence-corrected chi connectivity index (χ3v) is 3.26. The van der Waals surface area contributed by atoms with Gasteiger partial charge in [-0.05, 0) is 30.5 Å². The smallest absolute Gasteiger partial charge is 0.150 e. The second kappa shape index (κ2) is 5.05. The van der Waals surface area contributed by atoms with Crippen molar-refractivity contribution in [2.24, 2.45) is 0 Å². The molecule has 2 rings (SSSR count). The molecule has 0 fully saturated rings. The molecule has 18 heavy (non-hydrogen) atoms. The summed E-state index contributed by atoms with van der Waals surface area (Å²) in [5.74, 6) is 0.837. The molecule has 0 radical (unpaired) electrons. The summed E-state index contributed by atoms with van der Waals surface area (Å²) in [4.78, 5) is 11.1. The van der Waals surface area contributed by atoms with E-state index in [0.29, 0.717) is 5.56 Å². The van der Waals surface area contributed by atoms with Crippen LogP contribution in [0.1, 0.15) is 21.5 Å². The molecule has 0 saturated heterocycles. The number of aryl methyl sites for hydroxylation is 1. The lowest BCUT2D eigenvalue weighted by Gasteiger charge is -2.14. The van der Waals surface area contributed by atoms with E-state index in [1.54, 1.807) is 7.11 Å². The van der Waals surface area contributed by atoms with Crippen molar-refractivity contribution in [2.45, 2.75) is 13.8 Å². The van der Waals surface area contributed by atoms with E-state index < -0.39 is 0 Å². The van der Waals surface area contributed by atoms with Gasteiger partial charge in [-0.2, -0.15) is 0 Å². The average molecular weight is 240 g/mol. The van der Waals surface area contributed by atoms with Gasteiger partial charge in [0.2, 0.25) is 0 Å². The minimum Gasteiger partial charge on any atom is -0.496 e. The van der Waals surface area contributed by atoms with Gasteiger partial charge in [-0.3, -0.25) is 4.79 Å². The average Bonchev–Trinajstić information content (AvgIpc) is 2.41. The zero-order valence-electron chi connectivity index (χ0n) is 10.9. The van der Waals surface area contributed by atoms with Crippen molar-refractivity contribution in [3.8, 4) is 16.9 Å². The van der Waals surface area contributed by atoms with E-state index in [9.17, 15) is 4.79 Å². The van der Waals surface area contributed by atoms with Crippen molar-refractivity contribution in [3.63, 3.8) is 0 Å². The number of hydrogen-bond donors (Lipinski definition) is 0. The van der Waals surface area contributed by atoms with Gasteiger partial charge in [0.05, 0.1) is 7.11 Å². The predicted octanol–water partition coefficient (Wildman–Crippen LogP) is 3.79. The van der Waals surface area contributed by atoms with Crippen LogP contribution < -0.4 is 4.74 Å². The molecule has 0 bridgehead atoms. The Morgan fingerprint density at radius 3 is 2.39 bits per heavy atom. The molecule has 0 aliphatic carbocycles. The van der Waals surface area contributed by atoms with Crippen LogP contribution in [0.2, 0.25) is 0 Å². The van der Waals surface area contributed by atoms with Gasteiger partial charge in [0.25, 0.3) is 0 Å². The second-order valence-electron chi connectivity index (χ2n) is 4.29. The number of rotatable bonds is 3. The van der Waals surface area contributed by atoms with Gasteiger partial charge in [0.1, 0.15) is 5.75 Å². The van der Waals surface area contributed by atoms with Crippen LogP contribution in [-0.4, -0.2) is 13.4 Å². The number of carbonyl (C=O) groups is 1. The number of carbonyl (C=O) groups excluding carboxylic acids is 1. The van der Waals surface area contributed by atoms with E-state index in [0.717, 1.165) is 28.7 Å². The minimum atomic E-state index is 0.680. The van der Waals surface area contributed by atoms with Crippen LogP contribution in [0.25, 0.3) is 11.1 Å². The molecule has 0 heterocycles. The van der Waals surface area contributed by atoms with Gasteiger partial charge >= 0.3 is 0 Å². The monoisotopic (exact) mass is 240 g/mol.